The SMILES string of the molecule is O=C1CN(c2nc(C(F)(F)F)ns2)Cc2ccccc2N1. The Balaban J connectivity index is 1.92. The summed E-state index contributed by atoms with van der Waals surface area (Å²) in [6.45, 7) is 0.225. The second kappa shape index (κ2) is 4.99. The Morgan fingerprint density at radius 3 is 2.71 bits per heavy atom. The molecule has 1 aromatic carbocycles. The zero-order valence-corrected chi connectivity index (χ0v) is 11.3. The summed E-state index contributed by atoms with van der Waals surface area (Å²) in [6, 6.07) is 7.13. The third kappa shape index (κ3) is 2.82. The zero-order chi connectivity index (χ0) is 15.0. The molecule has 21 heavy (non-hydrogen) atoms. The number of halogens is 3. The van der Waals surface area contributed by atoms with Gasteiger partial charge >= 0.3 is 6.18 Å². The first kappa shape index (κ1) is 13.8. The van der Waals surface area contributed by atoms with E-state index >= 15 is 0 Å². The molecule has 5 nitrogen and oxygen atoms in total. The van der Waals surface area contributed by atoms with Crippen LogP contribution in [0.25, 0.3) is 0 Å². The van der Waals surface area contributed by atoms with Crippen LogP contribution in [0, 0.1) is 0 Å². The molecule has 1 N–H and O–H groups in total. The van der Waals surface area contributed by atoms with E-state index in [1.807, 2.05) is 0 Å². The second-order valence-corrected chi connectivity index (χ2v) is 5.19. The Kier molecular flexibility index (Phi) is 3.28. The van der Waals surface area contributed by atoms with E-state index in [-0.39, 0.29) is 17.6 Å². The molecular weight excluding hydrogens is 305 g/mol. The Morgan fingerprint density at radius 1 is 1.24 bits per heavy atom. The monoisotopic (exact) mass is 314 g/mol. The van der Waals surface area contributed by atoms with Crippen molar-refractivity contribution in [2.45, 2.75) is 12.7 Å². The molecule has 0 radical (unpaired) electrons. The molecule has 0 aliphatic carbocycles. The topological polar surface area (TPSA) is 58.1 Å². The number of nitrogens with one attached hydrogen (secondary N) is 1. The average Bonchev–Trinajstić information content (AvgIpc) is 2.83. The van der Waals surface area contributed by atoms with Crippen molar-refractivity contribution in [3.05, 3.63) is 35.7 Å². The molecule has 0 saturated heterocycles. The number of amides is 1. The average molecular weight is 314 g/mol. The van der Waals surface area contributed by atoms with Gasteiger partial charge < -0.3 is 10.2 Å². The van der Waals surface area contributed by atoms with Crippen molar-refractivity contribution < 1.29 is 18.0 Å². The maximum absolute atomic E-state index is 12.5. The van der Waals surface area contributed by atoms with E-state index in [4.69, 9.17) is 0 Å². The molecule has 1 aliphatic rings. The van der Waals surface area contributed by atoms with Crippen LogP contribution in [0.3, 0.4) is 0 Å². The molecule has 1 amide bonds. The number of alkyl halides is 3. The second-order valence-electron chi connectivity index (χ2n) is 4.46. The van der Waals surface area contributed by atoms with Crippen molar-refractivity contribution >= 4 is 28.3 Å². The number of hydrogen-bond acceptors (Lipinski definition) is 5. The summed E-state index contributed by atoms with van der Waals surface area (Å²) in [6.07, 6.45) is -4.58. The predicted octanol–water partition coefficient (Wildman–Crippen LogP) is 2.52. The van der Waals surface area contributed by atoms with Gasteiger partial charge in [-0.25, -0.2) is 0 Å². The highest BCUT2D eigenvalue weighted by Gasteiger charge is 2.37. The highest BCUT2D eigenvalue weighted by Crippen LogP contribution is 2.31. The van der Waals surface area contributed by atoms with Crippen LogP contribution in [-0.4, -0.2) is 21.8 Å². The highest BCUT2D eigenvalue weighted by molar-refractivity contribution is 7.09. The molecule has 2 heterocycles. The van der Waals surface area contributed by atoms with Crippen LogP contribution >= 0.6 is 11.5 Å². The van der Waals surface area contributed by atoms with Crippen LogP contribution in [0.1, 0.15) is 11.4 Å². The third-order valence-electron chi connectivity index (χ3n) is 2.93. The zero-order valence-electron chi connectivity index (χ0n) is 10.5. The quantitative estimate of drug-likeness (QED) is 0.879. The predicted molar refractivity (Wildman–Crippen MR) is 71.0 cm³/mol. The molecule has 0 unspecified atom stereocenters. The third-order valence-corrected chi connectivity index (χ3v) is 3.70. The number of anilines is 2. The van der Waals surface area contributed by atoms with Crippen LogP contribution in [0.4, 0.5) is 24.0 Å². The van der Waals surface area contributed by atoms with Crippen LogP contribution in [0.15, 0.2) is 24.3 Å². The summed E-state index contributed by atoms with van der Waals surface area (Å²) in [7, 11) is 0. The van der Waals surface area contributed by atoms with Crippen LogP contribution in [-0.2, 0) is 17.5 Å². The molecule has 1 aromatic heterocycles. The van der Waals surface area contributed by atoms with Gasteiger partial charge in [-0.05, 0) is 11.6 Å². The maximum atomic E-state index is 12.5. The minimum Gasteiger partial charge on any atom is -0.333 e. The summed E-state index contributed by atoms with van der Waals surface area (Å²) in [5.74, 6) is -1.48. The van der Waals surface area contributed by atoms with Gasteiger partial charge in [-0.3, -0.25) is 4.79 Å². The van der Waals surface area contributed by atoms with E-state index < -0.39 is 12.0 Å². The fourth-order valence-corrected chi connectivity index (χ4v) is 2.68. The van der Waals surface area contributed by atoms with Gasteiger partial charge in [-0.2, -0.15) is 22.5 Å². The van der Waals surface area contributed by atoms with Crippen molar-refractivity contribution in [3.8, 4) is 0 Å². The molecule has 110 valence electrons. The Bertz CT molecular complexity index is 685. The van der Waals surface area contributed by atoms with E-state index in [0.717, 1.165) is 5.56 Å². The summed E-state index contributed by atoms with van der Waals surface area (Å²) < 4.78 is 41.0. The van der Waals surface area contributed by atoms with E-state index in [1.54, 1.807) is 24.3 Å². The first-order valence-electron chi connectivity index (χ1n) is 5.97. The molecule has 0 spiro atoms. The van der Waals surface area contributed by atoms with Crippen LogP contribution in [0.2, 0.25) is 0 Å². The lowest BCUT2D eigenvalue weighted by atomic mass is 10.2. The van der Waals surface area contributed by atoms with Crippen molar-refractivity contribution in [1.82, 2.24) is 9.36 Å². The molecule has 0 bridgehead atoms. The largest absolute Gasteiger partial charge is 0.452 e. The molecule has 2 aromatic rings. The van der Waals surface area contributed by atoms with Gasteiger partial charge in [0.1, 0.15) is 0 Å². The summed E-state index contributed by atoms with van der Waals surface area (Å²) in [5, 5.41) is 2.79. The standard InChI is InChI=1S/C12H9F3N4OS/c13-12(14,15)10-17-11(21-18-10)19-5-7-3-1-2-4-8(7)16-9(20)6-19/h1-4H,5-6H2,(H,16,20). The van der Waals surface area contributed by atoms with Gasteiger partial charge in [0.15, 0.2) is 0 Å². The summed E-state index contributed by atoms with van der Waals surface area (Å²) in [5.41, 5.74) is 1.47. The Morgan fingerprint density at radius 2 is 2.00 bits per heavy atom. The fraction of sp³-hybridized carbons (Fsp3) is 0.250. The number of carbonyl (C=O) groups excluding carboxylic acids is 1. The normalized spacial score (nSPS) is 15.4. The van der Waals surface area contributed by atoms with Crippen molar-refractivity contribution in [2.75, 3.05) is 16.8 Å². The number of benzene rings is 1. The van der Waals surface area contributed by atoms with E-state index in [0.29, 0.717) is 23.8 Å². The van der Waals surface area contributed by atoms with Crippen LogP contribution < -0.4 is 10.2 Å². The van der Waals surface area contributed by atoms with Gasteiger partial charge in [0.05, 0.1) is 6.54 Å². The number of hydrogen-bond donors (Lipinski definition) is 1. The van der Waals surface area contributed by atoms with E-state index in [1.165, 1.54) is 4.90 Å². The van der Waals surface area contributed by atoms with Crippen molar-refractivity contribution in [1.29, 1.82) is 0 Å². The lowest BCUT2D eigenvalue weighted by Crippen LogP contribution is -2.29. The fourth-order valence-electron chi connectivity index (χ4n) is 2.00. The highest BCUT2D eigenvalue weighted by atomic mass is 32.1. The van der Waals surface area contributed by atoms with E-state index in [2.05, 4.69) is 14.7 Å². The molecular formula is C12H9F3N4OS. The molecule has 9 heteroatoms. The number of aromatic nitrogens is 2. The lowest BCUT2D eigenvalue weighted by Gasteiger charge is -2.17. The first-order chi connectivity index (χ1) is 9.93. The number of fused-ring (bicyclic) bond motifs is 1. The number of carbonyl (C=O) groups is 1. The van der Waals surface area contributed by atoms with Crippen molar-refractivity contribution in [2.24, 2.45) is 0 Å². The molecule has 0 saturated carbocycles. The Hall–Kier alpha value is -2.16. The lowest BCUT2D eigenvalue weighted by molar-refractivity contribution is -0.144. The number of para-hydroxylation sites is 1. The molecule has 0 atom stereocenters. The number of nitrogens with zero attached hydrogens (tertiary/aromatic N) is 3. The van der Waals surface area contributed by atoms with Gasteiger partial charge in [0.25, 0.3) is 0 Å². The smallest absolute Gasteiger partial charge is 0.333 e. The van der Waals surface area contributed by atoms with Crippen LogP contribution in [0.5, 0.6) is 0 Å². The maximum Gasteiger partial charge on any atom is 0.452 e. The molecule has 3 rings (SSSR count). The minimum absolute atomic E-state index is 0.0683. The first-order valence-corrected chi connectivity index (χ1v) is 6.74. The Labute approximate surface area is 121 Å². The molecule has 1 aliphatic heterocycles. The molecule has 0 fully saturated rings. The van der Waals surface area contributed by atoms with E-state index in [9.17, 15) is 18.0 Å². The minimum atomic E-state index is -4.58. The van der Waals surface area contributed by atoms with Gasteiger partial charge in [0, 0.05) is 23.8 Å². The number of rotatable bonds is 1. The summed E-state index contributed by atoms with van der Waals surface area (Å²) >= 11 is 0.634. The van der Waals surface area contributed by atoms with Gasteiger partial charge in [-0.15, -0.1) is 0 Å². The van der Waals surface area contributed by atoms with Gasteiger partial charge in [0.2, 0.25) is 16.9 Å². The summed E-state index contributed by atoms with van der Waals surface area (Å²) in [4.78, 5) is 16.8. The van der Waals surface area contributed by atoms with Crippen molar-refractivity contribution in [3.63, 3.8) is 0 Å². The van der Waals surface area contributed by atoms with Gasteiger partial charge in [-0.1, -0.05) is 18.2 Å².